The fraction of sp³-hybridized carbons (Fsp3) is 0.667. The van der Waals surface area contributed by atoms with Crippen LogP contribution in [0, 0.1) is 11.8 Å². The second-order valence-electron chi connectivity index (χ2n) is 8.05. The number of hydrogen-bond donors (Lipinski definition) is 1. The highest BCUT2D eigenvalue weighted by molar-refractivity contribution is 7.89. The van der Waals surface area contributed by atoms with Gasteiger partial charge in [-0.3, -0.25) is 4.99 Å². The van der Waals surface area contributed by atoms with Gasteiger partial charge < -0.3 is 10.2 Å². The molecule has 1 N–H and O–H groups in total. The van der Waals surface area contributed by atoms with E-state index in [2.05, 4.69) is 24.1 Å². The molecule has 0 spiro atoms. The number of nitrogens with zero attached hydrogens (tertiary/aromatic N) is 3. The number of hydrogen-bond acceptors (Lipinski definition) is 3. The van der Waals surface area contributed by atoms with E-state index < -0.39 is 10.0 Å². The standard InChI is InChI=1S/C21H34N4O2S/c1-3-22-21(24-13-7-8-18(2)17-24)23-16-19-11-14-25(15-12-19)28(26,27)20-9-5-4-6-10-20/h4-6,9-10,18-19H,3,7-8,11-17H2,1-2H3,(H,22,23). The van der Waals surface area contributed by atoms with E-state index in [0.29, 0.717) is 29.8 Å². The summed E-state index contributed by atoms with van der Waals surface area (Å²) in [5.74, 6) is 2.18. The molecule has 2 aliphatic heterocycles. The van der Waals surface area contributed by atoms with Gasteiger partial charge in [-0.05, 0) is 56.6 Å². The summed E-state index contributed by atoms with van der Waals surface area (Å²) in [7, 11) is -3.37. The smallest absolute Gasteiger partial charge is 0.243 e. The lowest BCUT2D eigenvalue weighted by Gasteiger charge is -2.34. The number of aliphatic imine (C=N–C) groups is 1. The molecular formula is C21H34N4O2S. The van der Waals surface area contributed by atoms with Crippen LogP contribution in [0.25, 0.3) is 0 Å². The van der Waals surface area contributed by atoms with Crippen LogP contribution in [0.15, 0.2) is 40.2 Å². The van der Waals surface area contributed by atoms with E-state index in [9.17, 15) is 8.42 Å². The van der Waals surface area contributed by atoms with Crippen molar-refractivity contribution in [3.8, 4) is 0 Å². The van der Waals surface area contributed by atoms with E-state index in [4.69, 9.17) is 4.99 Å². The number of piperidine rings is 2. The Morgan fingerprint density at radius 1 is 1.14 bits per heavy atom. The predicted molar refractivity (Wildman–Crippen MR) is 114 cm³/mol. The molecule has 1 aromatic carbocycles. The van der Waals surface area contributed by atoms with Gasteiger partial charge >= 0.3 is 0 Å². The SMILES string of the molecule is CCNC(=NCC1CCN(S(=O)(=O)c2ccccc2)CC1)N1CCCC(C)C1. The summed E-state index contributed by atoms with van der Waals surface area (Å²) < 4.78 is 27.2. The van der Waals surface area contributed by atoms with Crippen molar-refractivity contribution in [1.29, 1.82) is 0 Å². The van der Waals surface area contributed by atoms with Crippen LogP contribution in [0.4, 0.5) is 0 Å². The maximum absolute atomic E-state index is 12.8. The maximum Gasteiger partial charge on any atom is 0.243 e. The zero-order valence-electron chi connectivity index (χ0n) is 17.2. The predicted octanol–water partition coefficient (Wildman–Crippen LogP) is 2.78. The zero-order valence-corrected chi connectivity index (χ0v) is 18.0. The first-order valence-electron chi connectivity index (χ1n) is 10.6. The van der Waals surface area contributed by atoms with Crippen LogP contribution in [0.3, 0.4) is 0 Å². The molecule has 7 heteroatoms. The fourth-order valence-corrected chi connectivity index (χ4v) is 5.59. The molecule has 1 unspecified atom stereocenters. The van der Waals surface area contributed by atoms with Crippen molar-refractivity contribution in [3.05, 3.63) is 30.3 Å². The van der Waals surface area contributed by atoms with Gasteiger partial charge in [-0.2, -0.15) is 4.31 Å². The number of likely N-dealkylation sites (tertiary alicyclic amines) is 1. The van der Waals surface area contributed by atoms with Crippen molar-refractivity contribution in [2.45, 2.75) is 44.4 Å². The van der Waals surface area contributed by atoms with Crippen molar-refractivity contribution in [3.63, 3.8) is 0 Å². The van der Waals surface area contributed by atoms with Gasteiger partial charge in [0, 0.05) is 39.3 Å². The lowest BCUT2D eigenvalue weighted by molar-refractivity contribution is 0.261. The van der Waals surface area contributed by atoms with Crippen LogP contribution < -0.4 is 5.32 Å². The van der Waals surface area contributed by atoms with Crippen molar-refractivity contribution in [2.75, 3.05) is 39.3 Å². The van der Waals surface area contributed by atoms with Crippen LogP contribution in [0.1, 0.15) is 39.5 Å². The average Bonchev–Trinajstić information content (AvgIpc) is 2.72. The number of rotatable bonds is 5. The molecule has 1 aromatic rings. The molecule has 3 rings (SSSR count). The van der Waals surface area contributed by atoms with Gasteiger partial charge in [0.15, 0.2) is 5.96 Å². The van der Waals surface area contributed by atoms with Crippen molar-refractivity contribution < 1.29 is 8.42 Å². The van der Waals surface area contributed by atoms with Gasteiger partial charge in [-0.25, -0.2) is 8.42 Å². The minimum Gasteiger partial charge on any atom is -0.357 e. The van der Waals surface area contributed by atoms with Crippen LogP contribution in [-0.4, -0.2) is 62.9 Å². The molecule has 2 fully saturated rings. The van der Waals surface area contributed by atoms with Gasteiger partial charge in [0.2, 0.25) is 10.0 Å². The summed E-state index contributed by atoms with van der Waals surface area (Å²) in [5, 5.41) is 3.44. The van der Waals surface area contributed by atoms with Gasteiger partial charge in [0.25, 0.3) is 0 Å². The first-order chi connectivity index (χ1) is 13.5. The van der Waals surface area contributed by atoms with Crippen molar-refractivity contribution >= 4 is 16.0 Å². The largest absolute Gasteiger partial charge is 0.357 e. The zero-order chi connectivity index (χ0) is 20.0. The minimum atomic E-state index is -3.37. The Bertz CT molecular complexity index is 743. The highest BCUT2D eigenvalue weighted by Crippen LogP contribution is 2.24. The molecular weight excluding hydrogens is 372 g/mol. The van der Waals surface area contributed by atoms with Crippen LogP contribution >= 0.6 is 0 Å². The van der Waals surface area contributed by atoms with E-state index in [1.165, 1.54) is 12.8 Å². The molecule has 0 amide bonds. The third kappa shape index (κ3) is 5.26. The Morgan fingerprint density at radius 3 is 2.50 bits per heavy atom. The maximum atomic E-state index is 12.8. The van der Waals surface area contributed by atoms with Crippen LogP contribution in [0.2, 0.25) is 0 Å². The molecule has 2 aliphatic rings. The molecule has 0 radical (unpaired) electrons. The molecule has 0 aromatic heterocycles. The number of nitrogens with one attached hydrogen (secondary N) is 1. The molecule has 0 saturated carbocycles. The topological polar surface area (TPSA) is 65.0 Å². The Labute approximate surface area is 170 Å². The highest BCUT2D eigenvalue weighted by Gasteiger charge is 2.29. The minimum absolute atomic E-state index is 0.389. The molecule has 1 atom stereocenters. The summed E-state index contributed by atoms with van der Waals surface area (Å²) in [6, 6.07) is 8.74. The number of sulfonamides is 1. The van der Waals surface area contributed by atoms with Crippen LogP contribution in [-0.2, 0) is 10.0 Å². The Kier molecular flexibility index (Phi) is 7.35. The fourth-order valence-electron chi connectivity index (χ4n) is 4.10. The first kappa shape index (κ1) is 21.1. The molecule has 2 saturated heterocycles. The summed E-state index contributed by atoms with van der Waals surface area (Å²) >= 11 is 0. The van der Waals surface area contributed by atoms with Gasteiger partial charge in [0.05, 0.1) is 4.90 Å². The summed E-state index contributed by atoms with van der Waals surface area (Å²) in [6.45, 7) is 9.35. The summed E-state index contributed by atoms with van der Waals surface area (Å²) in [4.78, 5) is 7.67. The van der Waals surface area contributed by atoms with E-state index in [-0.39, 0.29) is 0 Å². The normalized spacial score (nSPS) is 23.0. The molecule has 0 aliphatic carbocycles. The second-order valence-corrected chi connectivity index (χ2v) is 9.99. The lowest BCUT2D eigenvalue weighted by Crippen LogP contribution is -2.46. The average molecular weight is 407 g/mol. The third-order valence-corrected chi connectivity index (χ3v) is 7.66. The van der Waals surface area contributed by atoms with E-state index in [1.54, 1.807) is 28.6 Å². The lowest BCUT2D eigenvalue weighted by atomic mass is 9.98. The summed E-state index contributed by atoms with van der Waals surface area (Å²) in [6.07, 6.45) is 4.25. The number of guanidine groups is 1. The molecule has 0 bridgehead atoms. The monoisotopic (exact) mass is 406 g/mol. The first-order valence-corrected chi connectivity index (χ1v) is 12.0. The van der Waals surface area contributed by atoms with Crippen LogP contribution in [0.5, 0.6) is 0 Å². The van der Waals surface area contributed by atoms with Gasteiger partial charge in [0.1, 0.15) is 0 Å². The Hall–Kier alpha value is -1.60. The molecule has 2 heterocycles. The Morgan fingerprint density at radius 2 is 1.86 bits per heavy atom. The van der Waals surface area contributed by atoms with Crippen molar-refractivity contribution in [2.24, 2.45) is 16.8 Å². The van der Waals surface area contributed by atoms with E-state index >= 15 is 0 Å². The van der Waals surface area contributed by atoms with E-state index in [1.807, 2.05) is 6.07 Å². The Balaban J connectivity index is 1.56. The summed E-state index contributed by atoms with van der Waals surface area (Å²) in [5.41, 5.74) is 0. The molecule has 28 heavy (non-hydrogen) atoms. The molecule has 6 nitrogen and oxygen atoms in total. The van der Waals surface area contributed by atoms with Gasteiger partial charge in [-0.15, -0.1) is 0 Å². The quantitative estimate of drug-likeness (QED) is 0.603. The number of benzene rings is 1. The van der Waals surface area contributed by atoms with Gasteiger partial charge in [-0.1, -0.05) is 25.1 Å². The van der Waals surface area contributed by atoms with E-state index in [0.717, 1.165) is 45.0 Å². The van der Waals surface area contributed by atoms with Crippen molar-refractivity contribution in [1.82, 2.24) is 14.5 Å². The third-order valence-electron chi connectivity index (χ3n) is 5.75. The highest BCUT2D eigenvalue weighted by atomic mass is 32.2. The molecule has 156 valence electrons. The second kappa shape index (κ2) is 9.74.